The van der Waals surface area contributed by atoms with Crippen LogP contribution in [-0.4, -0.2) is 18.1 Å². The zero-order chi connectivity index (χ0) is 11.6. The summed E-state index contributed by atoms with van der Waals surface area (Å²) in [5.41, 5.74) is -1.36. The fourth-order valence-corrected chi connectivity index (χ4v) is 1.52. The van der Waals surface area contributed by atoms with Gasteiger partial charge in [0, 0.05) is 6.20 Å². The minimum atomic E-state index is -4.54. The number of nitrogens with zero attached hydrogens (tertiary/aromatic N) is 1. The number of alkyl halides is 3. The van der Waals surface area contributed by atoms with E-state index in [2.05, 4.69) is 25.7 Å². The van der Waals surface area contributed by atoms with Crippen molar-refractivity contribution in [3.05, 3.63) is 28.0 Å². The molecule has 0 saturated carbocycles. The van der Waals surface area contributed by atoms with Gasteiger partial charge in [0.2, 0.25) is 0 Å². The van der Waals surface area contributed by atoms with Crippen LogP contribution in [0.15, 0.2) is 16.7 Å². The van der Waals surface area contributed by atoms with E-state index >= 15 is 0 Å². The quantitative estimate of drug-likeness (QED) is 0.744. The number of hydrogen-bond donors (Lipinski definition) is 0. The number of rotatable bonds is 1. The highest BCUT2D eigenvalue weighted by atomic mass is 79.9. The van der Waals surface area contributed by atoms with Gasteiger partial charge in [-0.15, -0.1) is 0 Å². The second kappa shape index (κ2) is 4.18. The molecule has 0 radical (unpaired) electrons. The van der Waals surface area contributed by atoms with Gasteiger partial charge in [-0.1, -0.05) is 0 Å². The van der Waals surface area contributed by atoms with Crippen LogP contribution in [-0.2, 0) is 10.9 Å². The number of carbonyl (C=O) groups excluding carboxylic acids is 1. The molecule has 0 saturated heterocycles. The van der Waals surface area contributed by atoms with Crippen LogP contribution in [0.25, 0.3) is 0 Å². The number of carbonyl (C=O) groups is 1. The minimum Gasteiger partial charge on any atom is -0.464 e. The zero-order valence-electron chi connectivity index (χ0n) is 7.43. The monoisotopic (exact) mass is 283 g/mol. The van der Waals surface area contributed by atoms with Crippen LogP contribution in [0.1, 0.15) is 16.1 Å². The zero-order valence-corrected chi connectivity index (χ0v) is 9.02. The van der Waals surface area contributed by atoms with Crippen molar-refractivity contribution in [3.63, 3.8) is 0 Å². The van der Waals surface area contributed by atoms with E-state index in [1.54, 1.807) is 0 Å². The standard InChI is InChI=1S/C8H5BrF3NO2/c1-15-7(14)6-5(9)4(2-3-13-6)8(10,11)12/h2-3H,1H3. The maximum absolute atomic E-state index is 12.4. The second-order valence-electron chi connectivity index (χ2n) is 2.51. The number of esters is 1. The molecule has 0 atom stereocenters. The van der Waals surface area contributed by atoms with Gasteiger partial charge in [0.1, 0.15) is 0 Å². The van der Waals surface area contributed by atoms with Gasteiger partial charge in [0.25, 0.3) is 0 Å². The first kappa shape index (κ1) is 12.0. The van der Waals surface area contributed by atoms with E-state index in [1.165, 1.54) is 0 Å². The Morgan fingerprint density at radius 2 is 2.13 bits per heavy atom. The summed E-state index contributed by atoms with van der Waals surface area (Å²) in [5, 5.41) is 0. The molecular formula is C8H5BrF3NO2. The lowest BCUT2D eigenvalue weighted by Gasteiger charge is -2.10. The van der Waals surface area contributed by atoms with Gasteiger partial charge >= 0.3 is 12.1 Å². The lowest BCUT2D eigenvalue weighted by molar-refractivity contribution is -0.138. The van der Waals surface area contributed by atoms with Crippen molar-refractivity contribution < 1.29 is 22.7 Å². The van der Waals surface area contributed by atoms with Crippen molar-refractivity contribution in [2.24, 2.45) is 0 Å². The summed E-state index contributed by atoms with van der Waals surface area (Å²) in [6, 6.07) is 0.774. The largest absolute Gasteiger partial charge is 0.464 e. The Bertz CT molecular complexity index is 392. The van der Waals surface area contributed by atoms with Gasteiger partial charge in [-0.05, 0) is 22.0 Å². The smallest absolute Gasteiger partial charge is 0.417 e. The Kier molecular flexibility index (Phi) is 3.33. The highest BCUT2D eigenvalue weighted by Gasteiger charge is 2.35. The Morgan fingerprint density at radius 3 is 2.60 bits per heavy atom. The SMILES string of the molecule is COC(=O)c1nccc(C(F)(F)F)c1Br. The van der Waals surface area contributed by atoms with Crippen LogP contribution in [0.3, 0.4) is 0 Å². The maximum Gasteiger partial charge on any atom is 0.417 e. The molecule has 0 bridgehead atoms. The maximum atomic E-state index is 12.4. The molecule has 1 aromatic rings. The summed E-state index contributed by atoms with van der Waals surface area (Å²) in [4.78, 5) is 14.5. The third-order valence-corrected chi connectivity index (χ3v) is 2.38. The van der Waals surface area contributed by atoms with Crippen molar-refractivity contribution in [2.45, 2.75) is 6.18 Å². The normalized spacial score (nSPS) is 11.3. The fraction of sp³-hybridized carbons (Fsp3) is 0.250. The van der Waals surface area contributed by atoms with E-state index in [-0.39, 0.29) is 0 Å². The lowest BCUT2D eigenvalue weighted by Crippen LogP contribution is -2.12. The van der Waals surface area contributed by atoms with Crippen LogP contribution in [0, 0.1) is 0 Å². The van der Waals surface area contributed by atoms with E-state index in [0.717, 1.165) is 19.4 Å². The molecule has 1 heterocycles. The van der Waals surface area contributed by atoms with E-state index < -0.39 is 27.9 Å². The summed E-state index contributed by atoms with van der Waals surface area (Å²) in [6.45, 7) is 0. The molecule has 15 heavy (non-hydrogen) atoms. The third kappa shape index (κ3) is 2.47. The number of ether oxygens (including phenoxy) is 1. The molecule has 3 nitrogen and oxygen atoms in total. The van der Waals surface area contributed by atoms with Gasteiger partial charge in [-0.25, -0.2) is 9.78 Å². The van der Waals surface area contributed by atoms with Crippen LogP contribution < -0.4 is 0 Å². The number of hydrogen-bond acceptors (Lipinski definition) is 3. The van der Waals surface area contributed by atoms with Gasteiger partial charge < -0.3 is 4.74 Å². The molecule has 82 valence electrons. The Balaban J connectivity index is 3.30. The molecule has 0 aliphatic heterocycles. The van der Waals surface area contributed by atoms with Crippen molar-refractivity contribution in [1.82, 2.24) is 4.98 Å². The molecule has 0 N–H and O–H groups in total. The molecule has 0 fully saturated rings. The van der Waals surface area contributed by atoms with Crippen molar-refractivity contribution >= 4 is 21.9 Å². The number of aromatic nitrogens is 1. The van der Waals surface area contributed by atoms with Crippen LogP contribution in [0.4, 0.5) is 13.2 Å². The lowest BCUT2D eigenvalue weighted by atomic mass is 10.2. The van der Waals surface area contributed by atoms with Crippen LogP contribution in [0.2, 0.25) is 0 Å². The first-order chi connectivity index (χ1) is 6.88. The summed E-state index contributed by atoms with van der Waals surface area (Å²) in [7, 11) is 1.07. The second-order valence-corrected chi connectivity index (χ2v) is 3.30. The minimum absolute atomic E-state index is 0.396. The van der Waals surface area contributed by atoms with Crippen molar-refractivity contribution in [1.29, 1.82) is 0 Å². The predicted octanol–water partition coefficient (Wildman–Crippen LogP) is 2.65. The van der Waals surface area contributed by atoms with E-state index in [0.29, 0.717) is 0 Å². The summed E-state index contributed by atoms with van der Waals surface area (Å²) in [6.07, 6.45) is -3.63. The van der Waals surface area contributed by atoms with Gasteiger partial charge in [-0.3, -0.25) is 0 Å². The average Bonchev–Trinajstić information content (AvgIpc) is 2.15. The predicted molar refractivity (Wildman–Crippen MR) is 48.3 cm³/mol. The van der Waals surface area contributed by atoms with E-state index in [1.807, 2.05) is 0 Å². The first-order valence-electron chi connectivity index (χ1n) is 3.68. The topological polar surface area (TPSA) is 39.2 Å². The summed E-state index contributed by atoms with van der Waals surface area (Å²) < 4.78 is 41.0. The summed E-state index contributed by atoms with van der Waals surface area (Å²) >= 11 is 2.68. The molecule has 1 aromatic heterocycles. The molecule has 7 heteroatoms. The number of halogens is 4. The fourth-order valence-electron chi connectivity index (χ4n) is 0.902. The highest BCUT2D eigenvalue weighted by Crippen LogP contribution is 2.35. The molecule has 1 rings (SSSR count). The molecule has 0 aliphatic rings. The highest BCUT2D eigenvalue weighted by molar-refractivity contribution is 9.10. The first-order valence-corrected chi connectivity index (χ1v) is 4.47. The molecule has 0 unspecified atom stereocenters. The van der Waals surface area contributed by atoms with Crippen molar-refractivity contribution in [2.75, 3.05) is 7.11 Å². The van der Waals surface area contributed by atoms with Crippen LogP contribution in [0.5, 0.6) is 0 Å². The molecule has 0 amide bonds. The number of methoxy groups -OCH3 is 1. The van der Waals surface area contributed by atoms with Gasteiger partial charge in [-0.2, -0.15) is 13.2 Å². The van der Waals surface area contributed by atoms with Crippen LogP contribution >= 0.6 is 15.9 Å². The van der Waals surface area contributed by atoms with Crippen molar-refractivity contribution in [3.8, 4) is 0 Å². The van der Waals surface area contributed by atoms with E-state index in [4.69, 9.17) is 0 Å². The molecule has 0 spiro atoms. The Hall–Kier alpha value is -1.11. The number of pyridine rings is 1. The summed E-state index contributed by atoms with van der Waals surface area (Å²) in [5.74, 6) is -0.923. The Labute approximate surface area is 91.4 Å². The molecule has 0 aromatic carbocycles. The molecular weight excluding hydrogens is 279 g/mol. The van der Waals surface area contributed by atoms with Gasteiger partial charge in [0.05, 0.1) is 17.1 Å². The van der Waals surface area contributed by atoms with E-state index in [9.17, 15) is 18.0 Å². The Morgan fingerprint density at radius 1 is 1.53 bits per heavy atom. The molecule has 0 aliphatic carbocycles. The van der Waals surface area contributed by atoms with Gasteiger partial charge in [0.15, 0.2) is 5.69 Å². The average molecular weight is 284 g/mol. The third-order valence-electron chi connectivity index (χ3n) is 1.57.